The van der Waals surface area contributed by atoms with E-state index in [1.165, 1.54) is 0 Å². The van der Waals surface area contributed by atoms with Gasteiger partial charge in [-0.25, -0.2) is 0 Å². The average molecular weight is 354 g/mol. The van der Waals surface area contributed by atoms with E-state index in [-0.39, 0.29) is 11.9 Å². The van der Waals surface area contributed by atoms with Crippen molar-refractivity contribution in [2.24, 2.45) is 0 Å². The van der Waals surface area contributed by atoms with E-state index >= 15 is 0 Å². The van der Waals surface area contributed by atoms with Gasteiger partial charge in [0.05, 0.1) is 7.11 Å². The number of hydrogen-bond donors (Lipinski definition) is 0. The highest BCUT2D eigenvalue weighted by Crippen LogP contribution is 2.26. The number of amides is 1. The highest BCUT2D eigenvalue weighted by molar-refractivity contribution is 5.82. The van der Waals surface area contributed by atoms with Gasteiger partial charge in [0.1, 0.15) is 5.75 Å². The Balaban J connectivity index is 1.70. The van der Waals surface area contributed by atoms with Gasteiger partial charge in [0, 0.05) is 44.5 Å². The molecule has 2 atom stereocenters. The summed E-state index contributed by atoms with van der Waals surface area (Å²) >= 11 is 0. The van der Waals surface area contributed by atoms with Crippen LogP contribution in [0.5, 0.6) is 5.75 Å². The first-order chi connectivity index (χ1) is 12.6. The fourth-order valence-electron chi connectivity index (χ4n) is 3.50. The van der Waals surface area contributed by atoms with Crippen molar-refractivity contribution in [1.29, 1.82) is 0 Å². The third kappa shape index (κ3) is 3.83. The van der Waals surface area contributed by atoms with Gasteiger partial charge in [-0.05, 0) is 24.6 Å². The number of anilines is 1. The van der Waals surface area contributed by atoms with Crippen molar-refractivity contribution >= 4 is 11.6 Å². The number of rotatable bonds is 5. The van der Waals surface area contributed by atoms with E-state index in [2.05, 4.69) is 17.9 Å². The van der Waals surface area contributed by atoms with E-state index in [4.69, 9.17) is 9.47 Å². The molecule has 0 spiro atoms. The van der Waals surface area contributed by atoms with E-state index < -0.39 is 6.10 Å². The Morgan fingerprint density at radius 2 is 1.85 bits per heavy atom. The standard InChI is InChI=1S/C21H26N2O3/c1-16-15-22(21(24)20(26-3)17-8-5-4-6-9-17)12-13-23(16)18-10-7-11-19(14-18)25-2/h4-11,14,16,20H,12-13,15H2,1-3H3. The minimum Gasteiger partial charge on any atom is -0.497 e. The average Bonchev–Trinajstić information content (AvgIpc) is 2.69. The Kier molecular flexibility index (Phi) is 5.78. The quantitative estimate of drug-likeness (QED) is 0.827. The Morgan fingerprint density at radius 3 is 2.50 bits per heavy atom. The summed E-state index contributed by atoms with van der Waals surface area (Å²) in [4.78, 5) is 17.2. The van der Waals surface area contributed by atoms with Crippen LogP contribution in [0.4, 0.5) is 5.69 Å². The molecule has 0 aliphatic carbocycles. The maximum absolute atomic E-state index is 13.0. The van der Waals surface area contributed by atoms with Crippen molar-refractivity contribution in [3.05, 3.63) is 60.2 Å². The number of hydrogen-bond acceptors (Lipinski definition) is 4. The predicted molar refractivity (Wildman–Crippen MR) is 103 cm³/mol. The molecular weight excluding hydrogens is 328 g/mol. The first-order valence-electron chi connectivity index (χ1n) is 8.91. The summed E-state index contributed by atoms with van der Waals surface area (Å²) < 4.78 is 10.8. The molecule has 2 aromatic carbocycles. The summed E-state index contributed by atoms with van der Waals surface area (Å²) in [5, 5.41) is 0. The van der Waals surface area contributed by atoms with E-state index in [9.17, 15) is 4.79 Å². The number of benzene rings is 2. The molecular formula is C21H26N2O3. The largest absolute Gasteiger partial charge is 0.497 e. The van der Waals surface area contributed by atoms with Crippen LogP contribution < -0.4 is 9.64 Å². The van der Waals surface area contributed by atoms with Gasteiger partial charge in [0.15, 0.2) is 6.10 Å². The smallest absolute Gasteiger partial charge is 0.256 e. The van der Waals surface area contributed by atoms with E-state index in [0.29, 0.717) is 13.1 Å². The number of nitrogens with zero attached hydrogens (tertiary/aromatic N) is 2. The molecule has 0 radical (unpaired) electrons. The SMILES string of the molecule is COc1cccc(N2CCN(C(=O)C(OC)c3ccccc3)CC2C)c1. The monoisotopic (exact) mass is 354 g/mol. The van der Waals surface area contributed by atoms with Crippen LogP contribution in [0.2, 0.25) is 0 Å². The molecule has 5 heteroatoms. The van der Waals surface area contributed by atoms with Crippen LogP contribution in [0.3, 0.4) is 0 Å². The number of piperazine rings is 1. The Morgan fingerprint density at radius 1 is 1.08 bits per heavy atom. The zero-order valence-electron chi connectivity index (χ0n) is 15.6. The van der Waals surface area contributed by atoms with Crippen molar-refractivity contribution in [3.63, 3.8) is 0 Å². The Bertz CT molecular complexity index is 735. The Labute approximate surface area is 155 Å². The lowest BCUT2D eigenvalue weighted by Gasteiger charge is -2.42. The molecule has 1 aliphatic rings. The fourth-order valence-corrected chi connectivity index (χ4v) is 3.50. The molecule has 26 heavy (non-hydrogen) atoms. The summed E-state index contributed by atoms with van der Waals surface area (Å²) in [6.07, 6.45) is -0.549. The zero-order valence-corrected chi connectivity index (χ0v) is 15.6. The van der Waals surface area contributed by atoms with Crippen LogP contribution in [0, 0.1) is 0 Å². The molecule has 2 aromatic rings. The highest BCUT2D eigenvalue weighted by Gasteiger charge is 2.31. The number of ether oxygens (including phenoxy) is 2. The van der Waals surface area contributed by atoms with E-state index in [0.717, 1.165) is 23.5 Å². The molecule has 138 valence electrons. The second-order valence-electron chi connectivity index (χ2n) is 6.55. The van der Waals surface area contributed by atoms with Crippen molar-refractivity contribution < 1.29 is 14.3 Å². The molecule has 1 fully saturated rings. The molecule has 0 saturated carbocycles. The van der Waals surface area contributed by atoms with Gasteiger partial charge < -0.3 is 19.3 Å². The van der Waals surface area contributed by atoms with Crippen LogP contribution in [0.15, 0.2) is 54.6 Å². The minimum absolute atomic E-state index is 0.0239. The fraction of sp³-hybridized carbons (Fsp3) is 0.381. The first kappa shape index (κ1) is 18.3. The van der Waals surface area contributed by atoms with Gasteiger partial charge in [-0.2, -0.15) is 0 Å². The van der Waals surface area contributed by atoms with E-state index in [1.807, 2.05) is 53.4 Å². The van der Waals surface area contributed by atoms with Crippen molar-refractivity contribution in [2.75, 3.05) is 38.8 Å². The molecule has 3 rings (SSSR count). The maximum Gasteiger partial charge on any atom is 0.256 e. The third-order valence-electron chi connectivity index (χ3n) is 4.89. The molecule has 5 nitrogen and oxygen atoms in total. The van der Waals surface area contributed by atoms with Gasteiger partial charge >= 0.3 is 0 Å². The summed E-state index contributed by atoms with van der Waals surface area (Å²) in [5.41, 5.74) is 2.01. The second kappa shape index (κ2) is 8.23. The van der Waals surface area contributed by atoms with Crippen molar-refractivity contribution in [3.8, 4) is 5.75 Å². The van der Waals surface area contributed by atoms with Crippen molar-refractivity contribution in [1.82, 2.24) is 4.90 Å². The van der Waals surface area contributed by atoms with Gasteiger partial charge in [-0.15, -0.1) is 0 Å². The molecule has 1 aliphatic heterocycles. The van der Waals surface area contributed by atoms with Gasteiger partial charge in [0.25, 0.3) is 5.91 Å². The minimum atomic E-state index is -0.549. The Hall–Kier alpha value is -2.53. The van der Waals surface area contributed by atoms with E-state index in [1.54, 1.807) is 14.2 Å². The number of carbonyl (C=O) groups is 1. The summed E-state index contributed by atoms with van der Waals surface area (Å²) in [6.45, 7) is 4.27. The number of carbonyl (C=O) groups excluding carboxylic acids is 1. The van der Waals surface area contributed by atoms with Crippen LogP contribution >= 0.6 is 0 Å². The molecule has 0 aromatic heterocycles. The molecule has 0 bridgehead atoms. The summed E-state index contributed by atoms with van der Waals surface area (Å²) in [6, 6.07) is 17.9. The van der Waals surface area contributed by atoms with Crippen LogP contribution in [-0.2, 0) is 9.53 Å². The zero-order chi connectivity index (χ0) is 18.5. The lowest BCUT2D eigenvalue weighted by molar-refractivity contribution is -0.143. The first-order valence-corrected chi connectivity index (χ1v) is 8.91. The van der Waals surface area contributed by atoms with Gasteiger partial charge in [0.2, 0.25) is 0 Å². The third-order valence-corrected chi connectivity index (χ3v) is 4.89. The highest BCUT2D eigenvalue weighted by atomic mass is 16.5. The van der Waals surface area contributed by atoms with Crippen LogP contribution in [0.25, 0.3) is 0 Å². The normalized spacial score (nSPS) is 18.5. The maximum atomic E-state index is 13.0. The number of methoxy groups -OCH3 is 2. The molecule has 1 heterocycles. The summed E-state index contributed by atoms with van der Waals surface area (Å²) in [7, 11) is 3.26. The van der Waals surface area contributed by atoms with Crippen LogP contribution in [0.1, 0.15) is 18.6 Å². The lowest BCUT2D eigenvalue weighted by atomic mass is 10.1. The topological polar surface area (TPSA) is 42.0 Å². The molecule has 2 unspecified atom stereocenters. The second-order valence-corrected chi connectivity index (χ2v) is 6.55. The van der Waals surface area contributed by atoms with Gasteiger partial charge in [-0.1, -0.05) is 36.4 Å². The molecule has 1 amide bonds. The summed E-state index contributed by atoms with van der Waals surface area (Å²) in [5.74, 6) is 0.868. The van der Waals surface area contributed by atoms with Crippen LogP contribution in [-0.4, -0.2) is 50.7 Å². The molecule has 1 saturated heterocycles. The van der Waals surface area contributed by atoms with Gasteiger partial charge in [-0.3, -0.25) is 4.79 Å². The molecule has 0 N–H and O–H groups in total. The predicted octanol–water partition coefficient (Wildman–Crippen LogP) is 3.12. The lowest BCUT2D eigenvalue weighted by Crippen LogP contribution is -2.54. The van der Waals surface area contributed by atoms with Crippen molar-refractivity contribution in [2.45, 2.75) is 19.1 Å².